The number of non-ortho nitro benzene ring substituents is 1. The molecule has 0 bridgehead atoms. The molecule has 0 amide bonds. The number of benzene rings is 2. The Morgan fingerprint density at radius 3 is 2.25 bits per heavy atom. The number of nitrogens with zero attached hydrogens (tertiary/aromatic N) is 2. The molecule has 5 heteroatoms. The van der Waals surface area contributed by atoms with Crippen LogP contribution in [-0.2, 0) is 4.79 Å². The number of carbonyl (C=O) groups is 1. The Kier molecular flexibility index (Phi) is 4.16. The lowest BCUT2D eigenvalue weighted by Gasteiger charge is -2.38. The van der Waals surface area contributed by atoms with Gasteiger partial charge in [0.15, 0.2) is 5.78 Å². The number of rotatable bonds is 3. The van der Waals surface area contributed by atoms with Crippen LogP contribution in [0.3, 0.4) is 0 Å². The zero-order valence-electron chi connectivity index (χ0n) is 13.5. The fourth-order valence-corrected chi connectivity index (χ4v) is 3.17. The molecule has 0 spiro atoms. The van der Waals surface area contributed by atoms with E-state index >= 15 is 0 Å². The van der Waals surface area contributed by atoms with Gasteiger partial charge in [0, 0.05) is 35.5 Å². The lowest BCUT2D eigenvalue weighted by Crippen LogP contribution is -2.37. The van der Waals surface area contributed by atoms with E-state index in [1.54, 1.807) is 12.1 Å². The summed E-state index contributed by atoms with van der Waals surface area (Å²) in [4.78, 5) is 25.0. The minimum Gasteiger partial charge on any atom is -0.339 e. The molecule has 0 N–H and O–H groups in total. The maximum atomic E-state index is 12.5. The Morgan fingerprint density at radius 1 is 1.04 bits per heavy atom. The van der Waals surface area contributed by atoms with Gasteiger partial charge in [0.2, 0.25) is 0 Å². The average Bonchev–Trinajstić information content (AvgIpc) is 2.60. The van der Waals surface area contributed by atoms with Gasteiger partial charge in [0.25, 0.3) is 5.69 Å². The lowest BCUT2D eigenvalue weighted by atomic mass is 9.84. The Hall–Kier alpha value is -2.95. The van der Waals surface area contributed by atoms with Crippen molar-refractivity contribution < 1.29 is 9.72 Å². The molecule has 2 aromatic rings. The third-order valence-corrected chi connectivity index (χ3v) is 4.41. The molecule has 3 rings (SSSR count). The van der Waals surface area contributed by atoms with Gasteiger partial charge in [0.05, 0.1) is 11.0 Å². The number of ketones is 1. The summed E-state index contributed by atoms with van der Waals surface area (Å²) in [5, 5.41) is 10.9. The Bertz CT molecular complexity index is 797. The highest BCUT2D eigenvalue weighted by molar-refractivity contribution is 5.99. The molecule has 0 fully saturated rings. The van der Waals surface area contributed by atoms with E-state index in [1.165, 1.54) is 12.1 Å². The monoisotopic (exact) mass is 322 g/mol. The predicted octanol–water partition coefficient (Wildman–Crippen LogP) is 4.27. The van der Waals surface area contributed by atoms with Crippen molar-refractivity contribution in [2.75, 3.05) is 4.90 Å². The number of hydrogen-bond acceptors (Lipinski definition) is 4. The van der Waals surface area contributed by atoms with Gasteiger partial charge in [-0.3, -0.25) is 14.9 Å². The number of anilines is 1. The van der Waals surface area contributed by atoms with E-state index in [1.807, 2.05) is 50.4 Å². The van der Waals surface area contributed by atoms with Gasteiger partial charge in [-0.15, -0.1) is 0 Å². The Morgan fingerprint density at radius 2 is 1.67 bits per heavy atom. The number of hydrogen-bond donors (Lipinski definition) is 0. The number of carbonyl (C=O) groups excluding carboxylic acids is 1. The summed E-state index contributed by atoms with van der Waals surface area (Å²) in [6.45, 7) is 3.72. The Labute approximate surface area is 140 Å². The van der Waals surface area contributed by atoms with Crippen LogP contribution in [0.4, 0.5) is 11.4 Å². The minimum absolute atomic E-state index is 0.0477. The number of para-hydroxylation sites is 1. The van der Waals surface area contributed by atoms with Gasteiger partial charge in [-0.05, 0) is 24.6 Å². The zero-order valence-corrected chi connectivity index (χ0v) is 13.5. The first-order chi connectivity index (χ1) is 11.5. The second-order valence-corrected chi connectivity index (χ2v) is 6.00. The van der Waals surface area contributed by atoms with Crippen molar-refractivity contribution in [2.45, 2.75) is 19.9 Å². The van der Waals surface area contributed by atoms with E-state index < -0.39 is 4.92 Å². The summed E-state index contributed by atoms with van der Waals surface area (Å²) in [6, 6.07) is 16.1. The van der Waals surface area contributed by atoms with Gasteiger partial charge < -0.3 is 4.90 Å². The van der Waals surface area contributed by atoms with Crippen LogP contribution in [-0.4, -0.2) is 10.7 Å². The van der Waals surface area contributed by atoms with E-state index in [0.717, 1.165) is 11.3 Å². The maximum Gasteiger partial charge on any atom is 0.269 e. The van der Waals surface area contributed by atoms with Crippen molar-refractivity contribution in [1.82, 2.24) is 0 Å². The van der Waals surface area contributed by atoms with Crippen molar-refractivity contribution in [3.63, 3.8) is 0 Å². The van der Waals surface area contributed by atoms with Crippen LogP contribution in [0.2, 0.25) is 0 Å². The Balaban J connectivity index is 2.07. The molecule has 0 aliphatic carbocycles. The molecule has 0 saturated carbocycles. The molecule has 0 saturated heterocycles. The summed E-state index contributed by atoms with van der Waals surface area (Å²) < 4.78 is 0. The number of Topliss-reactive ketones (excluding diaryl/α,β-unsaturated/α-hetero) is 1. The summed E-state index contributed by atoms with van der Waals surface area (Å²) in [5.74, 6) is -0.137. The highest BCUT2D eigenvalue weighted by atomic mass is 16.6. The van der Waals surface area contributed by atoms with Gasteiger partial charge in [-0.2, -0.15) is 0 Å². The third-order valence-electron chi connectivity index (χ3n) is 4.41. The van der Waals surface area contributed by atoms with Crippen LogP contribution >= 0.6 is 0 Å². The van der Waals surface area contributed by atoms with Crippen LogP contribution in [0.25, 0.3) is 0 Å². The fraction of sp³-hybridized carbons (Fsp3) is 0.211. The van der Waals surface area contributed by atoms with Crippen LogP contribution in [0.1, 0.15) is 25.5 Å². The molecule has 1 heterocycles. The number of nitro groups is 1. The van der Waals surface area contributed by atoms with Crippen molar-refractivity contribution in [3.8, 4) is 0 Å². The quantitative estimate of drug-likeness (QED) is 0.625. The van der Waals surface area contributed by atoms with E-state index in [9.17, 15) is 14.9 Å². The average molecular weight is 322 g/mol. The van der Waals surface area contributed by atoms with E-state index in [-0.39, 0.29) is 23.4 Å². The maximum absolute atomic E-state index is 12.5. The van der Waals surface area contributed by atoms with Gasteiger partial charge in [-0.25, -0.2) is 0 Å². The molecule has 0 aromatic heterocycles. The SMILES string of the molecule is CC1=CN(c2ccccc2)[C@H](c2ccc([N+](=O)[O-])cc2)[C@H](C)C1=O. The molecule has 1 aliphatic heterocycles. The lowest BCUT2D eigenvalue weighted by molar-refractivity contribution is -0.384. The van der Waals surface area contributed by atoms with Crippen molar-refractivity contribution in [1.29, 1.82) is 0 Å². The number of allylic oxidation sites excluding steroid dienone is 1. The van der Waals surface area contributed by atoms with E-state index in [2.05, 4.69) is 4.90 Å². The summed E-state index contributed by atoms with van der Waals surface area (Å²) in [6.07, 6.45) is 1.86. The highest BCUT2D eigenvalue weighted by Gasteiger charge is 2.35. The number of nitro benzene ring substituents is 1. The first-order valence-corrected chi connectivity index (χ1v) is 7.79. The topological polar surface area (TPSA) is 63.4 Å². The molecule has 24 heavy (non-hydrogen) atoms. The van der Waals surface area contributed by atoms with Crippen LogP contribution in [0, 0.1) is 16.0 Å². The minimum atomic E-state index is -0.418. The largest absolute Gasteiger partial charge is 0.339 e. The summed E-state index contributed by atoms with van der Waals surface area (Å²) in [5.41, 5.74) is 2.63. The molecular formula is C19H18N2O3. The normalized spacial score (nSPS) is 20.7. The molecule has 2 aromatic carbocycles. The van der Waals surface area contributed by atoms with Crippen molar-refractivity contribution >= 4 is 17.2 Å². The van der Waals surface area contributed by atoms with Gasteiger partial charge in [-0.1, -0.05) is 37.3 Å². The first kappa shape index (κ1) is 15.9. The molecule has 2 atom stereocenters. The summed E-state index contributed by atoms with van der Waals surface area (Å²) >= 11 is 0. The third kappa shape index (κ3) is 2.80. The smallest absolute Gasteiger partial charge is 0.269 e. The predicted molar refractivity (Wildman–Crippen MR) is 92.7 cm³/mol. The zero-order chi connectivity index (χ0) is 17.3. The van der Waals surface area contributed by atoms with Crippen LogP contribution in [0.5, 0.6) is 0 Å². The highest BCUT2D eigenvalue weighted by Crippen LogP contribution is 2.38. The first-order valence-electron chi connectivity index (χ1n) is 7.79. The second kappa shape index (κ2) is 6.28. The standard InChI is InChI=1S/C19H18N2O3/c1-13-12-20(16-6-4-3-5-7-16)18(14(2)19(13)22)15-8-10-17(11-9-15)21(23)24/h3-12,14,18H,1-2H3/t14-,18-/m0/s1. The van der Waals surface area contributed by atoms with Crippen molar-refractivity contribution in [2.24, 2.45) is 5.92 Å². The second-order valence-electron chi connectivity index (χ2n) is 6.00. The van der Waals surface area contributed by atoms with Crippen LogP contribution < -0.4 is 4.90 Å². The van der Waals surface area contributed by atoms with E-state index in [0.29, 0.717) is 5.57 Å². The van der Waals surface area contributed by atoms with Crippen molar-refractivity contribution in [3.05, 3.63) is 82.0 Å². The molecule has 5 nitrogen and oxygen atoms in total. The molecule has 1 aliphatic rings. The summed E-state index contributed by atoms with van der Waals surface area (Å²) in [7, 11) is 0. The molecule has 0 radical (unpaired) electrons. The fourth-order valence-electron chi connectivity index (χ4n) is 3.17. The van der Waals surface area contributed by atoms with Gasteiger partial charge in [0.1, 0.15) is 0 Å². The van der Waals surface area contributed by atoms with Crippen LogP contribution in [0.15, 0.2) is 66.4 Å². The molecule has 122 valence electrons. The molecular weight excluding hydrogens is 304 g/mol. The molecule has 0 unspecified atom stereocenters. The van der Waals surface area contributed by atoms with E-state index in [4.69, 9.17) is 0 Å². The van der Waals surface area contributed by atoms with Gasteiger partial charge >= 0.3 is 0 Å².